The van der Waals surface area contributed by atoms with E-state index in [9.17, 15) is 26.3 Å². The summed E-state index contributed by atoms with van der Waals surface area (Å²) >= 11 is 5.18. The molecule has 2 N–H and O–H groups in total. The molecule has 0 aromatic heterocycles. The van der Waals surface area contributed by atoms with Crippen LogP contribution in [0.25, 0.3) is 0 Å². The Hall–Kier alpha value is -2.89. The first kappa shape index (κ1) is 24.4. The van der Waals surface area contributed by atoms with Crippen LogP contribution in [-0.4, -0.2) is 37.8 Å². The second-order valence-electron chi connectivity index (χ2n) is 6.28. The predicted octanol–water partition coefficient (Wildman–Crippen LogP) is 5.69. The predicted molar refractivity (Wildman–Crippen MR) is 107 cm³/mol. The molecule has 2 aromatic rings. The Balaban J connectivity index is 2.20. The van der Waals surface area contributed by atoms with Crippen LogP contribution in [0.5, 0.6) is 17.2 Å². The van der Waals surface area contributed by atoms with Crippen LogP contribution in [0.3, 0.4) is 0 Å². The molecule has 0 saturated carbocycles. The van der Waals surface area contributed by atoms with E-state index in [1.807, 2.05) is 13.0 Å². The Bertz CT molecular complexity index is 882. The molecular formula is C19H18F6N2O3S. The number of aryl methyl sites for hydroxylation is 1. The summed E-state index contributed by atoms with van der Waals surface area (Å²) in [5, 5.41) is 5.55. The molecule has 0 amide bonds. The zero-order chi connectivity index (χ0) is 23.2. The highest BCUT2D eigenvalue weighted by atomic mass is 32.1. The second kappa shape index (κ2) is 9.94. The molecule has 0 spiro atoms. The van der Waals surface area contributed by atoms with E-state index in [1.165, 1.54) is 7.11 Å². The number of alkyl halides is 6. The molecule has 170 valence electrons. The topological polar surface area (TPSA) is 51.8 Å². The van der Waals surface area contributed by atoms with Gasteiger partial charge in [-0.3, -0.25) is 0 Å². The quantitative estimate of drug-likeness (QED) is 0.402. The maximum atomic E-state index is 12.4. The average Bonchev–Trinajstić information content (AvgIpc) is 2.64. The molecule has 0 atom stereocenters. The van der Waals surface area contributed by atoms with Gasteiger partial charge in [0.05, 0.1) is 12.8 Å². The molecule has 12 heteroatoms. The lowest BCUT2D eigenvalue weighted by Gasteiger charge is -2.17. The first-order valence-electron chi connectivity index (χ1n) is 8.61. The van der Waals surface area contributed by atoms with Gasteiger partial charge in [-0.2, -0.15) is 26.3 Å². The average molecular weight is 468 g/mol. The minimum atomic E-state index is -4.63. The van der Waals surface area contributed by atoms with E-state index in [0.717, 1.165) is 23.8 Å². The highest BCUT2D eigenvalue weighted by Crippen LogP contribution is 2.30. The fourth-order valence-electron chi connectivity index (χ4n) is 2.35. The Morgan fingerprint density at radius 1 is 0.871 bits per heavy atom. The molecule has 2 rings (SSSR count). The number of methoxy groups -OCH3 is 1. The lowest BCUT2D eigenvalue weighted by atomic mass is 10.2. The summed E-state index contributed by atoms with van der Waals surface area (Å²) in [5.41, 5.74) is 1.47. The molecule has 0 aliphatic carbocycles. The summed E-state index contributed by atoms with van der Waals surface area (Å²) in [4.78, 5) is 0. The van der Waals surface area contributed by atoms with Crippen molar-refractivity contribution in [3.8, 4) is 17.2 Å². The summed E-state index contributed by atoms with van der Waals surface area (Å²) in [6.45, 7) is -1.41. The van der Waals surface area contributed by atoms with Crippen LogP contribution in [-0.2, 0) is 0 Å². The van der Waals surface area contributed by atoms with Crippen molar-refractivity contribution in [1.82, 2.24) is 0 Å². The Morgan fingerprint density at radius 3 is 1.90 bits per heavy atom. The van der Waals surface area contributed by atoms with Gasteiger partial charge in [-0.15, -0.1) is 0 Å². The second-order valence-corrected chi connectivity index (χ2v) is 6.69. The van der Waals surface area contributed by atoms with Gasteiger partial charge < -0.3 is 24.8 Å². The summed E-state index contributed by atoms with van der Waals surface area (Å²) in [7, 11) is 1.46. The van der Waals surface area contributed by atoms with E-state index < -0.39 is 25.6 Å². The zero-order valence-corrected chi connectivity index (χ0v) is 17.1. The van der Waals surface area contributed by atoms with Crippen LogP contribution >= 0.6 is 12.2 Å². The molecule has 0 radical (unpaired) electrons. The van der Waals surface area contributed by atoms with E-state index in [4.69, 9.17) is 17.0 Å². The van der Waals surface area contributed by atoms with Crippen LogP contribution in [0, 0.1) is 6.92 Å². The van der Waals surface area contributed by atoms with Crippen molar-refractivity contribution >= 4 is 28.7 Å². The third-order valence-electron chi connectivity index (χ3n) is 3.55. The van der Waals surface area contributed by atoms with Crippen LogP contribution in [0.2, 0.25) is 0 Å². The van der Waals surface area contributed by atoms with Crippen LogP contribution in [0.1, 0.15) is 5.56 Å². The maximum Gasteiger partial charge on any atom is 0.422 e. The van der Waals surface area contributed by atoms with Gasteiger partial charge in [0.25, 0.3) is 0 Å². The molecule has 0 bridgehead atoms. The molecular weight excluding hydrogens is 450 g/mol. The number of ether oxygens (including phenoxy) is 3. The summed E-state index contributed by atoms with van der Waals surface area (Å²) in [5.74, 6) is -0.225. The smallest absolute Gasteiger partial charge is 0.422 e. The normalized spacial score (nSPS) is 11.6. The van der Waals surface area contributed by atoms with E-state index >= 15 is 0 Å². The summed E-state index contributed by atoms with van der Waals surface area (Å²) in [6.07, 6.45) is -9.26. The SMILES string of the molecule is COc1ccc(C)cc1NC(=S)Nc1cc(OCC(F)(F)F)cc(OCC(F)(F)F)c1. The van der Waals surface area contributed by atoms with Crippen molar-refractivity contribution in [3.05, 3.63) is 42.0 Å². The van der Waals surface area contributed by atoms with E-state index in [0.29, 0.717) is 11.4 Å². The summed E-state index contributed by atoms with van der Waals surface area (Å²) < 4.78 is 89.1. The molecule has 0 fully saturated rings. The Labute approximate surface area is 179 Å². The van der Waals surface area contributed by atoms with Gasteiger partial charge in [-0.05, 0) is 36.8 Å². The highest BCUT2D eigenvalue weighted by molar-refractivity contribution is 7.80. The van der Waals surface area contributed by atoms with Crippen LogP contribution < -0.4 is 24.8 Å². The molecule has 5 nitrogen and oxygen atoms in total. The number of nitrogens with one attached hydrogen (secondary N) is 2. The fraction of sp³-hybridized carbons (Fsp3) is 0.316. The van der Waals surface area contributed by atoms with Crippen LogP contribution in [0.4, 0.5) is 37.7 Å². The lowest BCUT2D eigenvalue weighted by molar-refractivity contribution is -0.153. The van der Waals surface area contributed by atoms with Crippen molar-refractivity contribution in [2.24, 2.45) is 0 Å². The minimum absolute atomic E-state index is 0.0126. The number of thiocarbonyl (C=S) groups is 1. The van der Waals surface area contributed by atoms with E-state index in [-0.39, 0.29) is 22.3 Å². The van der Waals surface area contributed by atoms with Crippen molar-refractivity contribution in [2.45, 2.75) is 19.3 Å². The Morgan fingerprint density at radius 2 is 1.42 bits per heavy atom. The van der Waals surface area contributed by atoms with Gasteiger partial charge in [0.15, 0.2) is 18.3 Å². The molecule has 0 aliphatic rings. The number of hydrogen-bond donors (Lipinski definition) is 2. The summed E-state index contributed by atoms with van der Waals surface area (Å²) in [6, 6.07) is 8.47. The number of hydrogen-bond acceptors (Lipinski definition) is 4. The maximum absolute atomic E-state index is 12.4. The molecule has 2 aromatic carbocycles. The number of rotatable bonds is 7. The van der Waals surface area contributed by atoms with Crippen molar-refractivity contribution in [3.63, 3.8) is 0 Å². The van der Waals surface area contributed by atoms with E-state index in [1.54, 1.807) is 12.1 Å². The van der Waals surface area contributed by atoms with Gasteiger partial charge in [-0.25, -0.2) is 0 Å². The number of anilines is 2. The highest BCUT2D eigenvalue weighted by Gasteiger charge is 2.30. The van der Waals surface area contributed by atoms with Gasteiger partial charge >= 0.3 is 12.4 Å². The third-order valence-corrected chi connectivity index (χ3v) is 3.75. The minimum Gasteiger partial charge on any atom is -0.495 e. The monoisotopic (exact) mass is 468 g/mol. The van der Waals surface area contributed by atoms with Gasteiger partial charge in [0, 0.05) is 23.9 Å². The standard InChI is InChI=1S/C19H18F6N2O3S/c1-11-3-4-16(28-2)15(5-11)27-17(31)26-12-6-13(29-9-18(20,21)22)8-14(7-12)30-10-19(23,24)25/h3-8H,9-10H2,1-2H3,(H2,26,27,31). The first-order valence-corrected chi connectivity index (χ1v) is 9.02. The Kier molecular flexibility index (Phi) is 7.82. The van der Waals surface area contributed by atoms with Gasteiger partial charge in [0.1, 0.15) is 17.2 Å². The number of benzene rings is 2. The largest absolute Gasteiger partial charge is 0.495 e. The molecule has 0 unspecified atom stereocenters. The first-order chi connectivity index (χ1) is 14.3. The van der Waals surface area contributed by atoms with Crippen molar-refractivity contribution < 1.29 is 40.6 Å². The van der Waals surface area contributed by atoms with E-state index in [2.05, 4.69) is 20.1 Å². The van der Waals surface area contributed by atoms with Crippen molar-refractivity contribution in [1.29, 1.82) is 0 Å². The molecule has 31 heavy (non-hydrogen) atoms. The molecule has 0 heterocycles. The lowest BCUT2D eigenvalue weighted by Crippen LogP contribution is -2.21. The van der Waals surface area contributed by atoms with Gasteiger partial charge in [-0.1, -0.05) is 6.07 Å². The zero-order valence-electron chi connectivity index (χ0n) is 16.3. The van der Waals surface area contributed by atoms with Crippen molar-refractivity contribution in [2.75, 3.05) is 31.0 Å². The fourth-order valence-corrected chi connectivity index (χ4v) is 2.57. The van der Waals surface area contributed by atoms with Gasteiger partial charge in [0.2, 0.25) is 0 Å². The molecule has 0 aliphatic heterocycles. The molecule has 0 saturated heterocycles. The number of halogens is 6. The third kappa shape index (κ3) is 8.79. The van der Waals surface area contributed by atoms with Crippen LogP contribution in [0.15, 0.2) is 36.4 Å².